The molecule has 104 valence electrons. The summed E-state index contributed by atoms with van der Waals surface area (Å²) in [5.74, 6) is 0.213. The van der Waals surface area contributed by atoms with Crippen molar-refractivity contribution in [2.24, 2.45) is 5.73 Å². The first-order valence-electron chi connectivity index (χ1n) is 6.04. The number of allylic oxidation sites excluding steroid dienone is 5. The minimum absolute atomic E-state index is 0.163. The van der Waals surface area contributed by atoms with Gasteiger partial charge in [0.2, 0.25) is 0 Å². The van der Waals surface area contributed by atoms with Gasteiger partial charge in [0.25, 0.3) is 5.91 Å². The van der Waals surface area contributed by atoms with Crippen molar-refractivity contribution < 1.29 is 9.21 Å². The third kappa shape index (κ3) is 6.88. The molecule has 0 atom stereocenters. The molecule has 19 heavy (non-hydrogen) atoms. The summed E-state index contributed by atoms with van der Waals surface area (Å²) in [7, 11) is 0. The number of amides is 1. The molecule has 2 N–H and O–H groups in total. The van der Waals surface area contributed by atoms with E-state index in [0.29, 0.717) is 5.76 Å². The Morgan fingerprint density at radius 1 is 1.26 bits per heavy atom. The fraction of sp³-hybridized carbons (Fsp3) is 0.188. The molecular formula is C16H23NO2. The van der Waals surface area contributed by atoms with Gasteiger partial charge in [-0.2, -0.15) is 0 Å². The van der Waals surface area contributed by atoms with Gasteiger partial charge in [-0.15, -0.1) is 13.2 Å². The summed E-state index contributed by atoms with van der Waals surface area (Å²) in [6, 6.07) is 3.27. The van der Waals surface area contributed by atoms with E-state index in [2.05, 4.69) is 19.7 Å². The molecule has 3 heteroatoms. The Kier molecular flexibility index (Phi) is 12.2. The molecule has 0 spiro atoms. The van der Waals surface area contributed by atoms with Crippen molar-refractivity contribution in [3.8, 4) is 0 Å². The van der Waals surface area contributed by atoms with Crippen LogP contribution in [0.4, 0.5) is 0 Å². The fourth-order valence-electron chi connectivity index (χ4n) is 1.12. The molecule has 1 amide bonds. The van der Waals surface area contributed by atoms with Gasteiger partial charge in [-0.25, -0.2) is 0 Å². The maximum absolute atomic E-state index is 10.8. The third-order valence-electron chi connectivity index (χ3n) is 1.86. The third-order valence-corrected chi connectivity index (χ3v) is 1.86. The average Bonchev–Trinajstić information content (AvgIpc) is 2.94. The minimum atomic E-state index is -0.565. The molecular weight excluding hydrogens is 238 g/mol. The monoisotopic (exact) mass is 261 g/mol. The zero-order chi connectivity index (χ0) is 15.3. The van der Waals surface area contributed by atoms with E-state index in [1.165, 1.54) is 0 Å². The average molecular weight is 261 g/mol. The van der Waals surface area contributed by atoms with Crippen molar-refractivity contribution in [1.29, 1.82) is 0 Å². The molecule has 0 radical (unpaired) electrons. The maximum atomic E-state index is 10.8. The zero-order valence-electron chi connectivity index (χ0n) is 12.0. The van der Waals surface area contributed by atoms with Gasteiger partial charge in [-0.1, -0.05) is 44.7 Å². The largest absolute Gasteiger partial charge is 0.451 e. The van der Waals surface area contributed by atoms with Gasteiger partial charge in [-0.05, 0) is 19.1 Å². The molecule has 1 aromatic rings. The highest BCUT2D eigenvalue weighted by atomic mass is 16.3. The molecule has 3 nitrogen and oxygen atoms in total. The SMILES string of the molecule is C=C.C=C/C=C\C(=C/C)c1ccc(C(N)=O)o1.CC. The van der Waals surface area contributed by atoms with Crippen molar-refractivity contribution in [1.82, 2.24) is 0 Å². The summed E-state index contributed by atoms with van der Waals surface area (Å²) >= 11 is 0. The van der Waals surface area contributed by atoms with Crippen LogP contribution in [0.1, 0.15) is 37.1 Å². The highest BCUT2D eigenvalue weighted by molar-refractivity contribution is 5.90. The second-order valence-electron chi connectivity index (χ2n) is 2.87. The molecule has 0 saturated carbocycles. The molecule has 0 aliphatic heterocycles. The minimum Gasteiger partial charge on any atom is -0.451 e. The van der Waals surface area contributed by atoms with Gasteiger partial charge in [0.05, 0.1) is 0 Å². The van der Waals surface area contributed by atoms with Crippen molar-refractivity contribution in [2.45, 2.75) is 20.8 Å². The van der Waals surface area contributed by atoms with Crippen LogP contribution in [0.5, 0.6) is 0 Å². The highest BCUT2D eigenvalue weighted by Crippen LogP contribution is 2.18. The maximum Gasteiger partial charge on any atom is 0.284 e. The number of carbonyl (C=O) groups excluding carboxylic acids is 1. The van der Waals surface area contributed by atoms with E-state index >= 15 is 0 Å². The van der Waals surface area contributed by atoms with Crippen LogP contribution >= 0.6 is 0 Å². The molecule has 0 aliphatic carbocycles. The van der Waals surface area contributed by atoms with Crippen LogP contribution in [0.25, 0.3) is 5.57 Å². The van der Waals surface area contributed by atoms with Gasteiger partial charge in [0, 0.05) is 5.57 Å². The quantitative estimate of drug-likeness (QED) is 0.647. The van der Waals surface area contributed by atoms with Crippen LogP contribution in [-0.4, -0.2) is 5.91 Å². The Labute approximate surface area is 115 Å². The van der Waals surface area contributed by atoms with Crippen LogP contribution in [0.2, 0.25) is 0 Å². The normalized spacial score (nSPS) is 9.95. The fourth-order valence-corrected chi connectivity index (χ4v) is 1.12. The van der Waals surface area contributed by atoms with Crippen molar-refractivity contribution >= 4 is 11.5 Å². The molecule has 0 saturated heterocycles. The molecule has 0 aliphatic rings. The number of primary amides is 1. The van der Waals surface area contributed by atoms with Crippen molar-refractivity contribution in [2.75, 3.05) is 0 Å². The second kappa shape index (κ2) is 12.2. The predicted octanol–water partition coefficient (Wildman–Crippen LogP) is 4.35. The molecule has 0 aromatic carbocycles. The number of furan rings is 1. The lowest BCUT2D eigenvalue weighted by Crippen LogP contribution is -2.09. The summed E-state index contributed by atoms with van der Waals surface area (Å²) in [4.78, 5) is 10.8. The summed E-state index contributed by atoms with van der Waals surface area (Å²) < 4.78 is 5.27. The van der Waals surface area contributed by atoms with E-state index in [0.717, 1.165) is 5.57 Å². The second-order valence-corrected chi connectivity index (χ2v) is 2.87. The van der Waals surface area contributed by atoms with Gasteiger partial charge < -0.3 is 10.2 Å². The lowest BCUT2D eigenvalue weighted by Gasteiger charge is -1.95. The van der Waals surface area contributed by atoms with Crippen LogP contribution in [0.3, 0.4) is 0 Å². The van der Waals surface area contributed by atoms with Crippen LogP contribution < -0.4 is 5.73 Å². The van der Waals surface area contributed by atoms with E-state index in [4.69, 9.17) is 10.2 Å². The van der Waals surface area contributed by atoms with E-state index in [9.17, 15) is 4.79 Å². The van der Waals surface area contributed by atoms with E-state index in [1.54, 1.807) is 24.3 Å². The molecule has 0 bridgehead atoms. The number of carbonyl (C=O) groups is 1. The van der Waals surface area contributed by atoms with Gasteiger partial charge >= 0.3 is 0 Å². The lowest BCUT2D eigenvalue weighted by atomic mass is 10.2. The first-order chi connectivity index (χ1) is 9.19. The van der Waals surface area contributed by atoms with Gasteiger partial charge in [0.15, 0.2) is 5.76 Å². The van der Waals surface area contributed by atoms with Crippen LogP contribution in [-0.2, 0) is 0 Å². The predicted molar refractivity (Wildman–Crippen MR) is 82.8 cm³/mol. The topological polar surface area (TPSA) is 56.2 Å². The van der Waals surface area contributed by atoms with E-state index < -0.39 is 5.91 Å². The summed E-state index contributed by atoms with van der Waals surface area (Å²) in [6.45, 7) is 15.5. The number of hydrogen-bond acceptors (Lipinski definition) is 2. The Hall–Kier alpha value is -2.29. The Morgan fingerprint density at radius 3 is 2.16 bits per heavy atom. The van der Waals surface area contributed by atoms with Crippen molar-refractivity contribution in [3.05, 3.63) is 67.7 Å². The van der Waals surface area contributed by atoms with Crippen LogP contribution in [0.15, 0.2) is 60.6 Å². The van der Waals surface area contributed by atoms with Crippen molar-refractivity contribution in [3.63, 3.8) is 0 Å². The lowest BCUT2D eigenvalue weighted by molar-refractivity contribution is 0.0973. The number of rotatable bonds is 4. The Bertz CT molecular complexity index is 439. The first kappa shape index (κ1) is 19.1. The van der Waals surface area contributed by atoms with Gasteiger partial charge in [0.1, 0.15) is 5.76 Å². The summed E-state index contributed by atoms with van der Waals surface area (Å²) in [5.41, 5.74) is 5.96. The number of hydrogen-bond donors (Lipinski definition) is 1. The molecule has 1 aromatic heterocycles. The molecule has 0 fully saturated rings. The van der Waals surface area contributed by atoms with E-state index in [1.807, 2.05) is 32.9 Å². The summed E-state index contributed by atoms with van der Waals surface area (Å²) in [6.07, 6.45) is 7.18. The van der Waals surface area contributed by atoms with E-state index in [-0.39, 0.29) is 5.76 Å². The number of nitrogens with two attached hydrogens (primary N) is 1. The molecule has 1 rings (SSSR count). The Balaban J connectivity index is 0. The zero-order valence-corrected chi connectivity index (χ0v) is 12.0. The molecule has 0 unspecified atom stereocenters. The molecule has 1 heterocycles. The summed E-state index contributed by atoms with van der Waals surface area (Å²) in [5, 5.41) is 0. The van der Waals surface area contributed by atoms with Gasteiger partial charge in [-0.3, -0.25) is 4.79 Å². The van der Waals surface area contributed by atoms with Crippen LogP contribution in [0, 0.1) is 0 Å². The Morgan fingerprint density at radius 2 is 1.79 bits per heavy atom. The highest BCUT2D eigenvalue weighted by Gasteiger charge is 2.08. The standard InChI is InChI=1S/C12H13NO2.C2H6.C2H4/c1-3-5-6-9(4-2)10-7-8-11(15-10)12(13)14;2*1-2/h3-8H,1H2,2H3,(H2,13,14);1-2H3;1-2H2/b6-5-,9-4+;;. The first-order valence-corrected chi connectivity index (χ1v) is 6.04. The smallest absolute Gasteiger partial charge is 0.284 e.